The van der Waals surface area contributed by atoms with E-state index in [0.29, 0.717) is 0 Å². The van der Waals surface area contributed by atoms with Gasteiger partial charge in [0.15, 0.2) is 0 Å². The van der Waals surface area contributed by atoms with E-state index in [2.05, 4.69) is 249 Å². The lowest BCUT2D eigenvalue weighted by Gasteiger charge is -2.22. The highest BCUT2D eigenvalue weighted by atomic mass is 32.1. The first kappa shape index (κ1) is 99.2. The Bertz CT molecular complexity index is 2590. The van der Waals surface area contributed by atoms with Gasteiger partial charge in [-0.25, -0.2) is 0 Å². The first-order chi connectivity index (χ1) is 49.0. The molecule has 0 radical (unpaired) electrons. The third-order valence-corrected chi connectivity index (χ3v) is 23.9. The van der Waals surface area contributed by atoms with Gasteiger partial charge in [0, 0.05) is 24.5 Å². The Labute approximate surface area is 666 Å². The molecule has 5 atom stereocenters. The summed E-state index contributed by atoms with van der Waals surface area (Å²) in [6, 6.07) is 43.0. The van der Waals surface area contributed by atoms with Gasteiger partial charge in [-0.1, -0.05) is 318 Å². The molecule has 5 aliphatic rings. The largest absolute Gasteiger partial charge is 0.269 e. The summed E-state index contributed by atoms with van der Waals surface area (Å²) >= 11 is 21.8. The Morgan fingerprint density at radius 2 is 0.352 bits per heavy atom. The summed E-state index contributed by atoms with van der Waals surface area (Å²) in [5, 5.41) is 0. The summed E-state index contributed by atoms with van der Waals surface area (Å²) < 4.78 is 0. The first-order valence-electron chi connectivity index (χ1n) is 41.4. The van der Waals surface area contributed by atoms with Crippen LogP contribution in [-0.4, -0.2) is 0 Å². The fraction of sp³-hybridized carbons (Fsp3) is 0.579. The fourth-order valence-corrected chi connectivity index (χ4v) is 16.4. The predicted molar refractivity (Wildman–Crippen MR) is 474 cm³/mol. The minimum atomic E-state index is 0. The molecule has 10 heteroatoms. The van der Waals surface area contributed by atoms with Crippen LogP contribution in [0.1, 0.15) is 351 Å². The molecule has 0 bridgehead atoms. The van der Waals surface area contributed by atoms with Crippen molar-refractivity contribution in [2.24, 2.45) is 29.6 Å². The van der Waals surface area contributed by atoms with E-state index in [-0.39, 0.29) is 23.5 Å². The van der Waals surface area contributed by atoms with Crippen LogP contribution in [0.5, 0.6) is 0 Å². The van der Waals surface area contributed by atoms with Gasteiger partial charge < -0.3 is 0 Å². The minimum absolute atomic E-state index is 0. The molecule has 5 aromatic rings. The van der Waals surface area contributed by atoms with Crippen molar-refractivity contribution in [1.29, 1.82) is 0 Å². The third kappa shape index (κ3) is 42.3. The second-order valence-corrected chi connectivity index (χ2v) is 33.2. The van der Waals surface area contributed by atoms with Crippen molar-refractivity contribution < 1.29 is 23.5 Å². The van der Waals surface area contributed by atoms with E-state index in [1.165, 1.54) is 317 Å². The van der Waals surface area contributed by atoms with Crippen molar-refractivity contribution in [3.05, 3.63) is 180 Å². The Balaban J connectivity index is 0.000000649. The molecule has 5 unspecified atom stereocenters. The third-order valence-electron chi connectivity index (χ3n) is 22.4. The molecule has 0 saturated carbocycles. The number of hydrogen-bond donors (Lipinski definition) is 5. The number of allylic oxidation sites excluding steroid dienone is 10. The standard InChI is InChI=1S/5C19H28S.5FH/c5*1-2-3-4-5-6-7-16-8-10-17(11-9-16)18-12-14-19(20)15-13-18;;;;;/h5*10,12-16,20H,2-9,11H2,1H3;5*1H. The highest BCUT2D eigenvalue weighted by molar-refractivity contribution is 7.81. The Morgan fingerprint density at radius 3 is 0.476 bits per heavy atom. The summed E-state index contributed by atoms with van der Waals surface area (Å²) in [7, 11) is 0. The van der Waals surface area contributed by atoms with Gasteiger partial charge in [0.2, 0.25) is 0 Å². The molecule has 10 rings (SSSR count). The maximum Gasteiger partial charge on any atom is 0.00403 e. The van der Waals surface area contributed by atoms with Crippen LogP contribution in [0.25, 0.3) is 27.9 Å². The van der Waals surface area contributed by atoms with E-state index in [9.17, 15) is 0 Å². The SMILES string of the molecule is CCCCCCCC1CC=C(c2ccc(S)cc2)CC1.CCCCCCCC1CC=C(c2ccc(S)cc2)CC1.CCCCCCCC1CC=C(c2ccc(S)cc2)CC1.CCCCCCCC1CC=C(c2ccc(S)cc2)CC1.CCCCCCCC1CC=C(c2ccc(S)cc2)CC1.F.F.F.F.F. The van der Waals surface area contributed by atoms with Gasteiger partial charge in [-0.2, -0.15) is 0 Å². The van der Waals surface area contributed by atoms with Gasteiger partial charge in [0.05, 0.1) is 0 Å². The number of halogens is 5. The summed E-state index contributed by atoms with van der Waals surface area (Å²) in [6.45, 7) is 11.4. The van der Waals surface area contributed by atoms with Crippen LogP contribution in [-0.2, 0) is 0 Å². The Morgan fingerprint density at radius 1 is 0.210 bits per heavy atom. The number of benzene rings is 5. The maximum atomic E-state index is 4.35. The Kier molecular flexibility index (Phi) is 58.5. The van der Waals surface area contributed by atoms with Crippen molar-refractivity contribution in [3.63, 3.8) is 0 Å². The average Bonchev–Trinajstić information content (AvgIpc) is 0.903. The van der Waals surface area contributed by atoms with Gasteiger partial charge in [0.1, 0.15) is 0 Å². The zero-order valence-corrected chi connectivity index (χ0v) is 70.4. The smallest absolute Gasteiger partial charge is 0.00403 e. The van der Waals surface area contributed by atoms with Crippen molar-refractivity contribution >= 4 is 91.0 Å². The zero-order valence-electron chi connectivity index (χ0n) is 65.9. The van der Waals surface area contributed by atoms with Crippen LogP contribution in [0.4, 0.5) is 23.5 Å². The van der Waals surface area contributed by atoms with E-state index in [0.717, 1.165) is 54.1 Å². The van der Waals surface area contributed by atoms with Crippen LogP contribution in [0.3, 0.4) is 0 Å². The van der Waals surface area contributed by atoms with Gasteiger partial charge in [-0.3, -0.25) is 23.5 Å². The summed E-state index contributed by atoms with van der Waals surface area (Å²) in [6.07, 6.45) is 74.4. The molecule has 0 aromatic heterocycles. The normalized spacial score (nSPS) is 18.0. The van der Waals surface area contributed by atoms with Gasteiger partial charge in [-0.15, -0.1) is 63.1 Å². The summed E-state index contributed by atoms with van der Waals surface area (Å²) in [5.74, 6) is 4.67. The molecule has 0 spiro atoms. The van der Waals surface area contributed by atoms with Gasteiger partial charge in [0.25, 0.3) is 0 Å². The second-order valence-electron chi connectivity index (χ2n) is 30.6. The van der Waals surface area contributed by atoms with E-state index < -0.39 is 0 Å². The lowest BCUT2D eigenvalue weighted by Crippen LogP contribution is -2.05. The first-order valence-corrected chi connectivity index (χ1v) is 43.6. The molecule has 0 aliphatic heterocycles. The molecule has 0 N–H and O–H groups in total. The minimum Gasteiger partial charge on any atom is -0.269 e. The van der Waals surface area contributed by atoms with Crippen molar-refractivity contribution in [2.75, 3.05) is 0 Å². The molecule has 0 heterocycles. The predicted octanol–water partition coefficient (Wildman–Crippen LogP) is 33.4. The lowest BCUT2D eigenvalue weighted by atomic mass is 9.84. The molecule has 0 saturated heterocycles. The molecular weight excluding hydrogens is 1400 g/mol. The average molecular weight is 1540 g/mol. The van der Waals surface area contributed by atoms with Crippen molar-refractivity contribution in [3.8, 4) is 0 Å². The van der Waals surface area contributed by atoms with Gasteiger partial charge >= 0.3 is 0 Å². The molecular formula is C95H145F5S5. The fourth-order valence-electron chi connectivity index (χ4n) is 15.6. The van der Waals surface area contributed by atoms with E-state index in [1.54, 1.807) is 27.9 Å². The summed E-state index contributed by atoms with van der Waals surface area (Å²) in [4.78, 5) is 5.26. The number of unbranched alkanes of at least 4 members (excludes halogenated alkanes) is 20. The van der Waals surface area contributed by atoms with E-state index in [4.69, 9.17) is 0 Å². The molecule has 5 aliphatic carbocycles. The van der Waals surface area contributed by atoms with Crippen LogP contribution in [0.15, 0.2) is 176 Å². The van der Waals surface area contributed by atoms with E-state index in [1.807, 2.05) is 0 Å². The molecule has 0 nitrogen and oxygen atoms in total. The number of hydrogen-bond acceptors (Lipinski definition) is 5. The molecule has 105 heavy (non-hydrogen) atoms. The van der Waals surface area contributed by atoms with Crippen molar-refractivity contribution in [1.82, 2.24) is 0 Å². The van der Waals surface area contributed by atoms with E-state index >= 15 is 0 Å². The van der Waals surface area contributed by atoms with Crippen LogP contribution in [0, 0.1) is 29.6 Å². The van der Waals surface area contributed by atoms with Crippen LogP contribution < -0.4 is 0 Å². The molecule has 0 amide bonds. The monoisotopic (exact) mass is 1540 g/mol. The quantitative estimate of drug-likeness (QED) is 0.0149. The second kappa shape index (κ2) is 61.9. The molecule has 5 aromatic carbocycles. The molecule has 0 fully saturated rings. The van der Waals surface area contributed by atoms with Crippen LogP contribution >= 0.6 is 63.1 Å². The highest BCUT2D eigenvalue weighted by Gasteiger charge is 2.20. The summed E-state index contributed by atoms with van der Waals surface area (Å²) in [5.41, 5.74) is 14.7. The zero-order chi connectivity index (χ0) is 71.0. The highest BCUT2D eigenvalue weighted by Crippen LogP contribution is 2.39. The topological polar surface area (TPSA) is 0 Å². The lowest BCUT2D eigenvalue weighted by molar-refractivity contribution is 0.423. The Hall–Kier alpha value is -3.80. The molecule has 590 valence electrons. The van der Waals surface area contributed by atoms with Gasteiger partial charge in [-0.05, 0) is 242 Å². The van der Waals surface area contributed by atoms with Crippen LogP contribution in [0.2, 0.25) is 0 Å². The number of thiol groups is 5. The van der Waals surface area contributed by atoms with Crippen molar-refractivity contribution in [2.45, 2.75) is 348 Å². The maximum absolute atomic E-state index is 4.35. The number of rotatable bonds is 35.